The lowest BCUT2D eigenvalue weighted by molar-refractivity contribution is -0.385. The zero-order valence-electron chi connectivity index (χ0n) is 14.1. The Labute approximate surface area is 140 Å². The second kappa shape index (κ2) is 6.68. The summed E-state index contributed by atoms with van der Waals surface area (Å²) >= 11 is 0. The summed E-state index contributed by atoms with van der Waals surface area (Å²) in [7, 11) is 0. The molecule has 2 atom stereocenters. The second-order valence-corrected chi connectivity index (χ2v) is 7.01. The molecule has 1 fully saturated rings. The Morgan fingerprint density at radius 3 is 2.62 bits per heavy atom. The van der Waals surface area contributed by atoms with E-state index in [0.717, 1.165) is 4.90 Å². The number of rotatable bonds is 6. The third-order valence-electron chi connectivity index (χ3n) is 4.28. The van der Waals surface area contributed by atoms with Gasteiger partial charge in [-0.2, -0.15) is 0 Å². The number of nitrogens with zero attached hydrogens (tertiary/aromatic N) is 2. The molecule has 0 radical (unpaired) electrons. The standard InChI is InChI=1S/C17H22N2O5/c1-11(2)8-17(3)9-15(21)18(16(17)22)10-14(20)12-5-4-6-13(7-12)19(23)24/h4-7,11,14,20H,8-10H2,1-3H3/t14-,17+/m0/s1. The number of aliphatic hydroxyl groups excluding tert-OH is 1. The molecule has 1 heterocycles. The van der Waals surface area contributed by atoms with E-state index in [-0.39, 0.29) is 36.4 Å². The maximum Gasteiger partial charge on any atom is 0.269 e. The smallest absolute Gasteiger partial charge is 0.269 e. The van der Waals surface area contributed by atoms with Crippen molar-refractivity contribution in [3.8, 4) is 0 Å². The minimum absolute atomic E-state index is 0.131. The normalized spacial score (nSPS) is 22.3. The molecule has 2 rings (SSSR count). The second-order valence-electron chi connectivity index (χ2n) is 7.01. The number of hydrogen-bond acceptors (Lipinski definition) is 5. The van der Waals surface area contributed by atoms with Crippen LogP contribution in [0.5, 0.6) is 0 Å². The van der Waals surface area contributed by atoms with E-state index in [1.54, 1.807) is 6.92 Å². The average molecular weight is 334 g/mol. The number of imide groups is 1. The lowest BCUT2D eigenvalue weighted by Gasteiger charge is -2.25. The zero-order valence-corrected chi connectivity index (χ0v) is 14.1. The van der Waals surface area contributed by atoms with Crippen molar-refractivity contribution in [3.05, 3.63) is 39.9 Å². The number of carbonyl (C=O) groups excluding carboxylic acids is 2. The monoisotopic (exact) mass is 334 g/mol. The molecule has 1 saturated heterocycles. The SMILES string of the molecule is CC(C)C[C@]1(C)CC(=O)N(C[C@H](O)c2cccc([N+](=O)[O-])c2)C1=O. The van der Waals surface area contributed by atoms with Crippen molar-refractivity contribution < 1.29 is 19.6 Å². The molecule has 130 valence electrons. The summed E-state index contributed by atoms with van der Waals surface area (Å²) in [5.74, 6) is -0.327. The van der Waals surface area contributed by atoms with E-state index in [0.29, 0.717) is 12.0 Å². The topological polar surface area (TPSA) is 101 Å². The summed E-state index contributed by atoms with van der Waals surface area (Å²) in [4.78, 5) is 36.1. The fourth-order valence-electron chi connectivity index (χ4n) is 3.31. The van der Waals surface area contributed by atoms with Gasteiger partial charge in [0.25, 0.3) is 5.69 Å². The van der Waals surface area contributed by atoms with Gasteiger partial charge in [0.15, 0.2) is 0 Å². The molecule has 1 aliphatic rings. The van der Waals surface area contributed by atoms with Crippen LogP contribution in [0.1, 0.15) is 45.3 Å². The van der Waals surface area contributed by atoms with Gasteiger partial charge in [-0.25, -0.2) is 0 Å². The zero-order chi connectivity index (χ0) is 18.1. The molecule has 2 amide bonds. The van der Waals surface area contributed by atoms with Gasteiger partial charge in [-0.1, -0.05) is 32.9 Å². The van der Waals surface area contributed by atoms with Crippen molar-refractivity contribution in [2.24, 2.45) is 11.3 Å². The lowest BCUT2D eigenvalue weighted by Crippen LogP contribution is -2.37. The summed E-state index contributed by atoms with van der Waals surface area (Å²) in [6, 6.07) is 5.58. The summed E-state index contributed by atoms with van der Waals surface area (Å²) in [6.45, 7) is 5.56. The predicted molar refractivity (Wildman–Crippen MR) is 87.0 cm³/mol. The van der Waals surface area contributed by atoms with Gasteiger partial charge in [0.1, 0.15) is 0 Å². The molecule has 0 saturated carbocycles. The first-order chi connectivity index (χ1) is 11.1. The Bertz CT molecular complexity index is 673. The van der Waals surface area contributed by atoms with Gasteiger partial charge < -0.3 is 5.11 Å². The molecular formula is C17H22N2O5. The van der Waals surface area contributed by atoms with Gasteiger partial charge in [0.2, 0.25) is 11.8 Å². The number of nitro groups is 1. The Morgan fingerprint density at radius 1 is 1.38 bits per heavy atom. The Morgan fingerprint density at radius 2 is 2.04 bits per heavy atom. The molecule has 0 unspecified atom stereocenters. The van der Waals surface area contributed by atoms with Crippen LogP contribution >= 0.6 is 0 Å². The Hall–Kier alpha value is -2.28. The van der Waals surface area contributed by atoms with Crippen molar-refractivity contribution in [1.82, 2.24) is 4.90 Å². The van der Waals surface area contributed by atoms with Crippen LogP contribution in [0.4, 0.5) is 5.69 Å². The summed E-state index contributed by atoms with van der Waals surface area (Å²) < 4.78 is 0. The van der Waals surface area contributed by atoms with Crippen molar-refractivity contribution in [2.75, 3.05) is 6.54 Å². The van der Waals surface area contributed by atoms with E-state index in [4.69, 9.17) is 0 Å². The average Bonchev–Trinajstić information content (AvgIpc) is 2.69. The first-order valence-corrected chi connectivity index (χ1v) is 7.91. The first kappa shape index (κ1) is 18.1. The number of benzene rings is 1. The van der Waals surface area contributed by atoms with E-state index in [1.165, 1.54) is 24.3 Å². The van der Waals surface area contributed by atoms with Crippen molar-refractivity contribution in [3.63, 3.8) is 0 Å². The number of aliphatic hydroxyl groups is 1. The highest BCUT2D eigenvalue weighted by Gasteiger charge is 2.48. The summed E-state index contributed by atoms with van der Waals surface area (Å²) in [5, 5.41) is 21.1. The molecule has 24 heavy (non-hydrogen) atoms. The van der Waals surface area contributed by atoms with Crippen LogP contribution in [0.15, 0.2) is 24.3 Å². The van der Waals surface area contributed by atoms with Gasteiger partial charge >= 0.3 is 0 Å². The number of β-amino-alcohol motifs (C(OH)–C–C–N with tert-alkyl or cyclic N) is 1. The van der Waals surface area contributed by atoms with Gasteiger partial charge in [-0.15, -0.1) is 0 Å². The number of amides is 2. The van der Waals surface area contributed by atoms with Gasteiger partial charge in [-0.3, -0.25) is 24.6 Å². The molecule has 7 heteroatoms. The molecule has 0 aliphatic carbocycles. The maximum absolute atomic E-state index is 12.6. The summed E-state index contributed by atoms with van der Waals surface area (Å²) in [6.07, 6.45) is -0.425. The van der Waals surface area contributed by atoms with E-state index in [1.807, 2.05) is 13.8 Å². The van der Waals surface area contributed by atoms with E-state index in [9.17, 15) is 24.8 Å². The molecular weight excluding hydrogens is 312 g/mol. The molecule has 1 N–H and O–H groups in total. The number of hydrogen-bond donors (Lipinski definition) is 1. The lowest BCUT2D eigenvalue weighted by atomic mass is 9.80. The van der Waals surface area contributed by atoms with Crippen LogP contribution in [0.25, 0.3) is 0 Å². The van der Waals surface area contributed by atoms with E-state index in [2.05, 4.69) is 0 Å². The quantitative estimate of drug-likeness (QED) is 0.489. The number of likely N-dealkylation sites (tertiary alicyclic amines) is 1. The molecule has 0 aromatic heterocycles. The highest BCUT2D eigenvalue weighted by atomic mass is 16.6. The van der Waals surface area contributed by atoms with E-state index < -0.39 is 16.4 Å². The fourth-order valence-corrected chi connectivity index (χ4v) is 3.31. The highest BCUT2D eigenvalue weighted by molar-refractivity contribution is 6.05. The van der Waals surface area contributed by atoms with Crippen molar-refractivity contribution in [1.29, 1.82) is 0 Å². The molecule has 1 aromatic rings. The molecule has 1 aromatic carbocycles. The van der Waals surface area contributed by atoms with Crippen LogP contribution in [-0.4, -0.2) is 33.3 Å². The van der Waals surface area contributed by atoms with E-state index >= 15 is 0 Å². The molecule has 0 bridgehead atoms. The van der Waals surface area contributed by atoms with Crippen molar-refractivity contribution >= 4 is 17.5 Å². The van der Waals surface area contributed by atoms with Gasteiger partial charge in [0, 0.05) is 18.6 Å². The molecule has 7 nitrogen and oxygen atoms in total. The number of non-ortho nitro benzene ring substituents is 1. The maximum atomic E-state index is 12.6. The summed E-state index contributed by atoms with van der Waals surface area (Å²) in [5.41, 5.74) is -0.578. The largest absolute Gasteiger partial charge is 0.387 e. The highest BCUT2D eigenvalue weighted by Crippen LogP contribution is 2.39. The van der Waals surface area contributed by atoms with Crippen LogP contribution in [0, 0.1) is 21.4 Å². The van der Waals surface area contributed by atoms with Crippen LogP contribution in [-0.2, 0) is 9.59 Å². The minimum Gasteiger partial charge on any atom is -0.387 e. The fraction of sp³-hybridized carbons (Fsp3) is 0.529. The Kier molecular flexibility index (Phi) is 5.03. The van der Waals surface area contributed by atoms with Crippen LogP contribution in [0.3, 0.4) is 0 Å². The first-order valence-electron chi connectivity index (χ1n) is 7.91. The minimum atomic E-state index is -1.15. The molecule has 1 aliphatic heterocycles. The predicted octanol–water partition coefficient (Wildman–Crippen LogP) is 2.44. The number of nitro benzene ring substituents is 1. The third-order valence-corrected chi connectivity index (χ3v) is 4.28. The van der Waals surface area contributed by atoms with Crippen LogP contribution in [0.2, 0.25) is 0 Å². The third kappa shape index (κ3) is 3.62. The van der Waals surface area contributed by atoms with Gasteiger partial charge in [-0.05, 0) is 17.9 Å². The molecule has 0 spiro atoms. The van der Waals surface area contributed by atoms with Crippen molar-refractivity contribution in [2.45, 2.75) is 39.7 Å². The van der Waals surface area contributed by atoms with Crippen LogP contribution < -0.4 is 0 Å². The number of carbonyl (C=O) groups is 2. The Balaban J connectivity index is 2.15. The van der Waals surface area contributed by atoms with Gasteiger partial charge in [0.05, 0.1) is 23.0 Å².